The number of nitrogens with zero attached hydrogens (tertiary/aromatic N) is 4. The molecule has 0 saturated carbocycles. The fourth-order valence-corrected chi connectivity index (χ4v) is 3.83. The predicted molar refractivity (Wildman–Crippen MR) is 80.3 cm³/mol. The Morgan fingerprint density at radius 1 is 1.33 bits per heavy atom. The van der Waals surface area contributed by atoms with E-state index in [0.29, 0.717) is 11.2 Å². The zero-order valence-electron chi connectivity index (χ0n) is 11.3. The van der Waals surface area contributed by atoms with Gasteiger partial charge in [0.15, 0.2) is 5.65 Å². The van der Waals surface area contributed by atoms with Crippen LogP contribution in [0.3, 0.4) is 0 Å². The van der Waals surface area contributed by atoms with Gasteiger partial charge in [0.1, 0.15) is 6.33 Å². The topological polar surface area (TPSA) is 50.5 Å². The van der Waals surface area contributed by atoms with Crippen LogP contribution in [-0.4, -0.2) is 31.9 Å². The lowest BCUT2D eigenvalue weighted by Gasteiger charge is -2.24. The minimum atomic E-state index is 0.0458. The van der Waals surface area contributed by atoms with Crippen LogP contribution in [0.5, 0.6) is 0 Å². The van der Waals surface area contributed by atoms with E-state index in [-0.39, 0.29) is 11.9 Å². The van der Waals surface area contributed by atoms with Gasteiger partial charge in [0.2, 0.25) is 0 Å². The van der Waals surface area contributed by atoms with Gasteiger partial charge >= 0.3 is 0 Å². The van der Waals surface area contributed by atoms with E-state index in [1.54, 1.807) is 22.1 Å². The highest BCUT2D eigenvalue weighted by molar-refractivity contribution is 7.10. The third kappa shape index (κ3) is 2.03. The summed E-state index contributed by atoms with van der Waals surface area (Å²) in [5.41, 5.74) is 1.25. The van der Waals surface area contributed by atoms with E-state index in [1.165, 1.54) is 4.88 Å². The quantitative estimate of drug-likeness (QED) is 0.731. The van der Waals surface area contributed by atoms with Crippen LogP contribution in [0.4, 0.5) is 0 Å². The summed E-state index contributed by atoms with van der Waals surface area (Å²) in [5.74, 6) is 0.0458. The number of fused-ring (bicyclic) bond motifs is 1. The average molecular weight is 298 g/mol. The number of rotatable bonds is 2. The molecule has 0 N–H and O–H groups in total. The van der Waals surface area contributed by atoms with Crippen molar-refractivity contribution in [2.45, 2.75) is 18.9 Å². The second-order valence-electron chi connectivity index (χ2n) is 5.16. The molecule has 106 valence electrons. The van der Waals surface area contributed by atoms with Crippen molar-refractivity contribution in [3.63, 3.8) is 0 Å². The van der Waals surface area contributed by atoms with Crippen LogP contribution in [-0.2, 0) is 0 Å². The molecule has 1 amide bonds. The van der Waals surface area contributed by atoms with Gasteiger partial charge in [0.05, 0.1) is 11.6 Å². The molecule has 1 unspecified atom stereocenters. The minimum Gasteiger partial charge on any atom is -0.331 e. The summed E-state index contributed by atoms with van der Waals surface area (Å²) < 4.78 is 1.78. The van der Waals surface area contributed by atoms with Crippen LogP contribution >= 0.6 is 11.3 Å². The lowest BCUT2D eigenvalue weighted by Crippen LogP contribution is -2.30. The summed E-state index contributed by atoms with van der Waals surface area (Å²) in [6.07, 6.45) is 5.55. The summed E-state index contributed by atoms with van der Waals surface area (Å²) in [6.45, 7) is 0.802. The predicted octanol–water partition coefficient (Wildman–Crippen LogP) is 2.77. The van der Waals surface area contributed by atoms with Crippen molar-refractivity contribution in [2.24, 2.45) is 0 Å². The van der Waals surface area contributed by atoms with Gasteiger partial charge in [-0.2, -0.15) is 0 Å². The van der Waals surface area contributed by atoms with Gasteiger partial charge in [-0.05, 0) is 36.4 Å². The van der Waals surface area contributed by atoms with E-state index >= 15 is 0 Å². The van der Waals surface area contributed by atoms with Crippen molar-refractivity contribution in [2.75, 3.05) is 6.54 Å². The number of hydrogen-bond acceptors (Lipinski definition) is 4. The number of amides is 1. The molecule has 0 spiro atoms. The first-order valence-electron chi connectivity index (χ1n) is 6.97. The number of carbonyl (C=O) groups is 1. The number of pyridine rings is 1. The molecular weight excluding hydrogens is 284 g/mol. The van der Waals surface area contributed by atoms with E-state index in [1.807, 2.05) is 29.3 Å². The Morgan fingerprint density at radius 2 is 2.29 bits per heavy atom. The van der Waals surface area contributed by atoms with Crippen molar-refractivity contribution >= 4 is 22.9 Å². The van der Waals surface area contributed by atoms with Gasteiger partial charge in [0, 0.05) is 17.6 Å². The molecule has 6 heteroatoms. The lowest BCUT2D eigenvalue weighted by atomic mass is 10.1. The zero-order chi connectivity index (χ0) is 14.2. The molecule has 1 fully saturated rings. The summed E-state index contributed by atoms with van der Waals surface area (Å²) in [5, 5.41) is 10.0. The fourth-order valence-electron chi connectivity index (χ4n) is 2.96. The highest BCUT2D eigenvalue weighted by atomic mass is 32.1. The van der Waals surface area contributed by atoms with Gasteiger partial charge in [-0.3, -0.25) is 9.20 Å². The summed E-state index contributed by atoms with van der Waals surface area (Å²) in [7, 11) is 0. The Hall–Kier alpha value is -2.21. The molecule has 0 radical (unpaired) electrons. The van der Waals surface area contributed by atoms with Crippen molar-refractivity contribution in [3.05, 3.63) is 52.6 Å². The highest BCUT2D eigenvalue weighted by Crippen LogP contribution is 2.35. The molecule has 0 aromatic carbocycles. The molecular formula is C15H14N4OS. The van der Waals surface area contributed by atoms with Crippen LogP contribution in [0.1, 0.15) is 34.1 Å². The first-order chi connectivity index (χ1) is 10.3. The number of aromatic nitrogens is 3. The van der Waals surface area contributed by atoms with Crippen LogP contribution in [0.15, 0.2) is 42.2 Å². The Bertz CT molecular complexity index is 780. The Labute approximate surface area is 125 Å². The third-order valence-corrected chi connectivity index (χ3v) is 4.91. The number of likely N-dealkylation sites (tertiary alicyclic amines) is 1. The first-order valence-corrected chi connectivity index (χ1v) is 7.85. The minimum absolute atomic E-state index is 0.0458. The normalized spacial score (nSPS) is 18.5. The fraction of sp³-hybridized carbons (Fsp3) is 0.267. The van der Waals surface area contributed by atoms with Crippen LogP contribution in [0, 0.1) is 0 Å². The molecule has 4 heterocycles. The van der Waals surface area contributed by atoms with Gasteiger partial charge < -0.3 is 4.90 Å². The largest absolute Gasteiger partial charge is 0.331 e. The molecule has 3 aromatic heterocycles. The summed E-state index contributed by atoms with van der Waals surface area (Å²) in [4.78, 5) is 16.1. The molecule has 1 atom stereocenters. The summed E-state index contributed by atoms with van der Waals surface area (Å²) >= 11 is 1.71. The van der Waals surface area contributed by atoms with E-state index in [9.17, 15) is 4.79 Å². The number of hydrogen-bond donors (Lipinski definition) is 0. The van der Waals surface area contributed by atoms with Crippen molar-refractivity contribution in [1.82, 2.24) is 19.5 Å². The third-order valence-electron chi connectivity index (χ3n) is 3.94. The Balaban J connectivity index is 1.72. The zero-order valence-corrected chi connectivity index (χ0v) is 12.2. The second-order valence-corrected chi connectivity index (χ2v) is 6.13. The van der Waals surface area contributed by atoms with Crippen LogP contribution in [0.2, 0.25) is 0 Å². The van der Waals surface area contributed by atoms with E-state index in [0.717, 1.165) is 19.4 Å². The Kier molecular flexibility index (Phi) is 2.96. The average Bonchev–Trinajstić information content (AvgIpc) is 3.23. The standard InChI is InChI=1S/C15H14N4OS/c20-15(11-4-1-7-18-10-16-17-14(11)18)19-8-2-5-12(19)13-6-3-9-21-13/h1,3-4,6-7,9-10,12H,2,5,8H2. The molecule has 1 saturated heterocycles. The SMILES string of the molecule is O=C(c1cccn2cnnc12)N1CCCC1c1cccs1. The number of carbonyl (C=O) groups excluding carboxylic acids is 1. The van der Waals surface area contributed by atoms with Crippen molar-refractivity contribution in [1.29, 1.82) is 0 Å². The molecule has 5 nitrogen and oxygen atoms in total. The molecule has 4 rings (SSSR count). The van der Waals surface area contributed by atoms with E-state index in [2.05, 4.69) is 21.6 Å². The number of thiophene rings is 1. The Morgan fingerprint density at radius 3 is 3.14 bits per heavy atom. The maximum atomic E-state index is 12.9. The second kappa shape index (κ2) is 4.96. The first kappa shape index (κ1) is 12.5. The monoisotopic (exact) mass is 298 g/mol. The van der Waals surface area contributed by atoms with E-state index in [4.69, 9.17) is 0 Å². The molecule has 0 bridgehead atoms. The molecule has 21 heavy (non-hydrogen) atoms. The van der Waals surface area contributed by atoms with Gasteiger partial charge in [-0.25, -0.2) is 0 Å². The molecule has 1 aliphatic rings. The maximum absolute atomic E-state index is 12.9. The smallest absolute Gasteiger partial charge is 0.258 e. The van der Waals surface area contributed by atoms with Gasteiger partial charge in [0.25, 0.3) is 5.91 Å². The molecule has 3 aromatic rings. The van der Waals surface area contributed by atoms with Crippen molar-refractivity contribution < 1.29 is 4.79 Å². The van der Waals surface area contributed by atoms with E-state index < -0.39 is 0 Å². The maximum Gasteiger partial charge on any atom is 0.258 e. The highest BCUT2D eigenvalue weighted by Gasteiger charge is 2.32. The lowest BCUT2D eigenvalue weighted by molar-refractivity contribution is 0.0739. The molecule has 0 aliphatic carbocycles. The van der Waals surface area contributed by atoms with Gasteiger partial charge in [-0.1, -0.05) is 6.07 Å². The van der Waals surface area contributed by atoms with Crippen molar-refractivity contribution in [3.8, 4) is 0 Å². The summed E-state index contributed by atoms with van der Waals surface area (Å²) in [6, 6.07) is 8.04. The van der Waals surface area contributed by atoms with Crippen LogP contribution < -0.4 is 0 Å². The van der Waals surface area contributed by atoms with Crippen LogP contribution in [0.25, 0.3) is 5.65 Å². The van der Waals surface area contributed by atoms with Gasteiger partial charge in [-0.15, -0.1) is 21.5 Å². The molecule has 1 aliphatic heterocycles.